The van der Waals surface area contributed by atoms with Crippen LogP contribution in [-0.4, -0.2) is 81.0 Å². The Morgan fingerprint density at radius 2 is 1.34 bits per heavy atom. The molecule has 4 aromatic rings. The van der Waals surface area contributed by atoms with Crippen molar-refractivity contribution in [1.82, 2.24) is 5.01 Å². The molecule has 1 aliphatic carbocycles. The Hall–Kier alpha value is -6.57. The lowest BCUT2D eigenvalue weighted by atomic mass is 9.95. The zero-order valence-electron chi connectivity index (χ0n) is 41.4. The van der Waals surface area contributed by atoms with Gasteiger partial charge in [0.25, 0.3) is 6.47 Å². The van der Waals surface area contributed by atoms with Gasteiger partial charge in [0.2, 0.25) is 0 Å². The molecule has 2 aliphatic rings. The molecule has 4 aromatic carbocycles. The number of nitrogens with one attached hydrogen (secondary N) is 1. The minimum Gasteiger partial charge on any atom is -0.496 e. The van der Waals surface area contributed by atoms with Crippen molar-refractivity contribution in [2.75, 3.05) is 39.4 Å². The Kier molecular flexibility index (Phi) is 32.6. The van der Waals surface area contributed by atoms with E-state index in [2.05, 4.69) is 67.5 Å². The van der Waals surface area contributed by atoms with Gasteiger partial charge in [-0.1, -0.05) is 81.7 Å². The maximum absolute atomic E-state index is 10.5. The summed E-state index contributed by atoms with van der Waals surface area (Å²) in [5.74, 6) is 3.68. The molecule has 13 heteroatoms. The topological polar surface area (TPSA) is 145 Å². The number of benzene rings is 4. The summed E-state index contributed by atoms with van der Waals surface area (Å²) in [6.07, 6.45) is 22.9. The van der Waals surface area contributed by atoms with Gasteiger partial charge in [0.05, 0.1) is 38.3 Å². The molecule has 6 rings (SSSR count). The van der Waals surface area contributed by atoms with Crippen LogP contribution in [-0.2, 0) is 14.3 Å². The van der Waals surface area contributed by atoms with Crippen LogP contribution >= 0.6 is 11.8 Å². The molecular weight excluding hydrogens is 903 g/mol. The summed E-state index contributed by atoms with van der Waals surface area (Å²) in [4.78, 5) is 29.1. The number of carbonyl (C=O) groups excluding carboxylic acids is 2. The highest BCUT2D eigenvalue weighted by molar-refractivity contribution is 8.00. The molecule has 378 valence electrons. The van der Waals surface area contributed by atoms with E-state index < -0.39 is 0 Å². The number of anilines is 1. The van der Waals surface area contributed by atoms with E-state index in [4.69, 9.17) is 43.5 Å². The first-order valence-electron chi connectivity index (χ1n) is 23.9. The number of hydrogen-bond donors (Lipinski definition) is 2. The van der Waals surface area contributed by atoms with Crippen molar-refractivity contribution in [1.29, 1.82) is 0 Å². The fraction of sp³-hybridized carbons (Fsp3) is 0.368. The largest absolute Gasteiger partial charge is 0.496 e. The first kappa shape index (κ1) is 59.6. The molecule has 0 saturated heterocycles. The third-order valence-corrected chi connectivity index (χ3v) is 11.9. The van der Waals surface area contributed by atoms with Gasteiger partial charge >= 0.3 is 0 Å². The number of nitrogens with zero attached hydrogens (tertiary/aromatic N) is 2. The van der Waals surface area contributed by atoms with E-state index in [-0.39, 0.29) is 12.0 Å². The lowest BCUT2D eigenvalue weighted by Crippen LogP contribution is -2.41. The Balaban J connectivity index is 0.000000534. The van der Waals surface area contributed by atoms with Crippen molar-refractivity contribution in [3.05, 3.63) is 153 Å². The van der Waals surface area contributed by atoms with Crippen LogP contribution in [0.4, 0.5) is 5.69 Å². The van der Waals surface area contributed by atoms with E-state index >= 15 is 0 Å². The third kappa shape index (κ3) is 23.6. The molecule has 1 heterocycles. The average molecular weight is 978 g/mol. The number of para-hydroxylation sites is 1. The predicted molar refractivity (Wildman–Crippen MR) is 288 cm³/mol. The van der Waals surface area contributed by atoms with E-state index in [0.29, 0.717) is 29.4 Å². The molecule has 70 heavy (non-hydrogen) atoms. The molecule has 0 radical (unpaired) electrons. The quantitative estimate of drug-likeness (QED) is 0.0117. The SMILES string of the molecule is C=C.C=CC=O.C=CCCCCCCOc1ccc(C(=C)Oc2ccc(OC)c(/C=N/N(C3CCCCC3)C3Nc4ccccc4S3)c2)cc1.COCCCCCCOc1ccc(C=O)cc1.O=CO. The monoisotopic (exact) mass is 978 g/mol. The maximum atomic E-state index is 10.5. The lowest BCUT2D eigenvalue weighted by molar-refractivity contribution is -0.122. The number of carboxylic acid groups (broad SMARTS) is 1. The van der Waals surface area contributed by atoms with Crippen LogP contribution in [0.1, 0.15) is 111 Å². The summed E-state index contributed by atoms with van der Waals surface area (Å²) in [7, 11) is 3.41. The summed E-state index contributed by atoms with van der Waals surface area (Å²) >= 11 is 1.82. The average Bonchev–Trinajstić information content (AvgIpc) is 3.84. The molecule has 1 fully saturated rings. The maximum Gasteiger partial charge on any atom is 0.290 e. The first-order valence-corrected chi connectivity index (χ1v) is 24.8. The van der Waals surface area contributed by atoms with E-state index in [0.717, 1.165) is 99.4 Å². The third-order valence-electron chi connectivity index (χ3n) is 10.7. The number of hydrogen-bond acceptors (Lipinski definition) is 12. The van der Waals surface area contributed by atoms with E-state index in [9.17, 15) is 4.79 Å². The molecular formula is C57H75N3O9S. The number of unbranched alkanes of at least 4 members (excludes halogenated alkanes) is 7. The van der Waals surface area contributed by atoms with Crippen molar-refractivity contribution in [3.63, 3.8) is 0 Å². The van der Waals surface area contributed by atoms with Crippen LogP contribution in [0, 0.1) is 0 Å². The number of thioether (sulfide) groups is 1. The number of aldehydes is 2. The molecule has 0 amide bonds. The van der Waals surface area contributed by atoms with Crippen LogP contribution in [0.2, 0.25) is 0 Å². The zero-order chi connectivity index (χ0) is 51.0. The van der Waals surface area contributed by atoms with Gasteiger partial charge in [0.15, 0.2) is 5.50 Å². The van der Waals surface area contributed by atoms with Gasteiger partial charge in [-0.25, -0.2) is 0 Å². The number of methoxy groups -OCH3 is 2. The second-order valence-electron chi connectivity index (χ2n) is 15.7. The van der Waals surface area contributed by atoms with Crippen LogP contribution < -0.4 is 24.3 Å². The van der Waals surface area contributed by atoms with Gasteiger partial charge in [-0.05, 0) is 136 Å². The molecule has 0 aromatic heterocycles. The highest BCUT2D eigenvalue weighted by atomic mass is 32.2. The summed E-state index contributed by atoms with van der Waals surface area (Å²) < 4.78 is 28.4. The minimum atomic E-state index is -0.250. The standard InChI is InChI=1S/C37H45N3O3S.C14H20O3.C3H4O.C2H4.CH2O2/c1-4-5-6-7-8-14-25-42-32-21-19-29(20-22-32)28(2)43-33-23-24-35(41-3)30(26-33)27-38-40(31-15-10-9-11-16-31)37-39-34-17-12-13-18-36(34)44-37;1-16-10-4-2-3-5-11-17-14-8-6-13(12-15)7-9-14;1-2-3-4;1-2;2-1-3/h4,12-13,17-24,26-27,31,37,39H,1-2,5-11,14-16,25H2,3H3;6-9,12H,2-5,10-11H2,1H3;2-3H,1H2;1-2H2;1H,(H,2,3)/b38-27+;;;;. The molecule has 12 nitrogen and oxygen atoms in total. The van der Waals surface area contributed by atoms with Gasteiger partial charge in [-0.2, -0.15) is 5.10 Å². The fourth-order valence-corrected chi connectivity index (χ4v) is 8.37. The molecule has 1 atom stereocenters. The lowest BCUT2D eigenvalue weighted by Gasteiger charge is -2.35. The zero-order valence-corrected chi connectivity index (χ0v) is 42.2. The number of fused-ring (bicyclic) bond motifs is 1. The van der Waals surface area contributed by atoms with E-state index in [1.54, 1.807) is 26.4 Å². The van der Waals surface area contributed by atoms with Crippen LogP contribution in [0.5, 0.6) is 23.0 Å². The number of carbonyl (C=O) groups is 3. The molecule has 2 N–H and O–H groups in total. The van der Waals surface area contributed by atoms with E-state index in [1.807, 2.05) is 78.6 Å². The first-order chi connectivity index (χ1) is 34.3. The van der Waals surface area contributed by atoms with Gasteiger partial charge in [-0.15, -0.1) is 19.7 Å². The van der Waals surface area contributed by atoms with E-state index in [1.165, 1.54) is 61.6 Å². The van der Waals surface area contributed by atoms with Crippen molar-refractivity contribution in [2.45, 2.75) is 106 Å². The van der Waals surface area contributed by atoms with Crippen molar-refractivity contribution in [2.24, 2.45) is 5.10 Å². The molecule has 0 bridgehead atoms. The second kappa shape index (κ2) is 38.3. The van der Waals surface area contributed by atoms with Crippen LogP contribution in [0.15, 0.2) is 146 Å². The van der Waals surface area contributed by atoms with Gasteiger partial charge < -0.3 is 34.1 Å². The smallest absolute Gasteiger partial charge is 0.290 e. The number of allylic oxidation sites excluding steroid dienone is 2. The van der Waals surface area contributed by atoms with Crippen molar-refractivity contribution >= 4 is 48.5 Å². The summed E-state index contributed by atoms with van der Waals surface area (Å²) in [5.41, 5.74) is 3.65. The Bertz CT molecular complexity index is 2080. The fourth-order valence-electron chi connectivity index (χ4n) is 7.20. The number of hydrazone groups is 1. The highest BCUT2D eigenvalue weighted by Crippen LogP contribution is 2.41. The normalized spacial score (nSPS) is 13.2. The minimum absolute atomic E-state index is 0.0474. The Morgan fingerprint density at radius 3 is 1.90 bits per heavy atom. The molecule has 1 unspecified atom stereocenters. The van der Waals surface area contributed by atoms with Gasteiger partial charge in [-0.3, -0.25) is 19.4 Å². The second-order valence-corrected chi connectivity index (χ2v) is 16.9. The van der Waals surface area contributed by atoms with Crippen molar-refractivity contribution in [3.8, 4) is 23.0 Å². The number of ether oxygens (including phenoxy) is 5. The Morgan fingerprint density at radius 1 is 0.771 bits per heavy atom. The molecule has 1 aliphatic heterocycles. The predicted octanol–water partition coefficient (Wildman–Crippen LogP) is 13.7. The van der Waals surface area contributed by atoms with Crippen molar-refractivity contribution < 1.29 is 43.2 Å². The van der Waals surface area contributed by atoms with Crippen LogP contribution in [0.3, 0.4) is 0 Å². The van der Waals surface area contributed by atoms with Crippen LogP contribution in [0.25, 0.3) is 5.76 Å². The number of rotatable bonds is 26. The summed E-state index contributed by atoms with van der Waals surface area (Å²) in [6, 6.07) is 29.7. The highest BCUT2D eigenvalue weighted by Gasteiger charge is 2.31. The molecule has 0 spiro atoms. The van der Waals surface area contributed by atoms with Gasteiger partial charge in [0.1, 0.15) is 41.3 Å². The Labute approximate surface area is 421 Å². The summed E-state index contributed by atoms with van der Waals surface area (Å²) in [6.45, 7) is 19.1. The summed E-state index contributed by atoms with van der Waals surface area (Å²) in [5, 5.41) is 17.9. The van der Waals surface area contributed by atoms with Gasteiger partial charge in [0, 0.05) is 35.3 Å². The molecule has 1 saturated carbocycles.